The van der Waals surface area contributed by atoms with Crippen LogP contribution in [0.1, 0.15) is 0 Å². The van der Waals surface area contributed by atoms with Gasteiger partial charge >= 0.3 is 0 Å². The van der Waals surface area contributed by atoms with Crippen molar-refractivity contribution in [3.05, 3.63) is 0 Å². The van der Waals surface area contributed by atoms with Gasteiger partial charge in [-0.05, 0) is 12.2 Å². The van der Waals surface area contributed by atoms with Gasteiger partial charge in [-0.25, -0.2) is 9.98 Å². The van der Waals surface area contributed by atoms with E-state index in [-0.39, 0.29) is 12.1 Å². The van der Waals surface area contributed by atoms with Crippen LogP contribution in [0.15, 0.2) is 9.98 Å². The van der Waals surface area contributed by atoms with Crippen molar-refractivity contribution < 1.29 is 4.79 Å². The number of rotatable bonds is 0. The highest BCUT2D eigenvalue weighted by atomic mass is 32.1. The molecular formula is C5H4N4OS. The Kier molecular flexibility index (Phi) is 1.22. The molecule has 0 aromatic rings. The van der Waals surface area contributed by atoms with E-state index in [9.17, 15) is 4.79 Å². The zero-order valence-corrected chi connectivity index (χ0v) is 6.18. The third kappa shape index (κ3) is 0.911. The molecule has 2 aliphatic rings. The lowest BCUT2D eigenvalue weighted by molar-refractivity contribution is -0.113. The summed E-state index contributed by atoms with van der Waals surface area (Å²) in [7, 11) is 0. The molecule has 2 N–H and O–H groups in total. The van der Waals surface area contributed by atoms with Crippen molar-refractivity contribution in [2.24, 2.45) is 9.98 Å². The molecule has 2 heterocycles. The number of nitrogens with one attached hydrogen (secondary N) is 2. The smallest absolute Gasteiger partial charge is 0.276 e. The van der Waals surface area contributed by atoms with Gasteiger partial charge < -0.3 is 5.32 Å². The molecule has 2 rings (SSSR count). The Hall–Kier alpha value is -1.30. The van der Waals surface area contributed by atoms with Crippen LogP contribution in [0.3, 0.4) is 0 Å². The summed E-state index contributed by atoms with van der Waals surface area (Å²) in [6.07, 6.45) is 0.983. The Morgan fingerprint density at radius 3 is 3.27 bits per heavy atom. The number of carbonyl (C=O) groups excluding carboxylic acids is 1. The lowest BCUT2D eigenvalue weighted by Crippen LogP contribution is -2.56. The zero-order chi connectivity index (χ0) is 7.84. The lowest BCUT2D eigenvalue weighted by atomic mass is 10.2. The topological polar surface area (TPSA) is 65.8 Å². The number of thiocarbonyl (C=S) groups is 1. The van der Waals surface area contributed by atoms with Crippen LogP contribution in [-0.2, 0) is 4.79 Å². The van der Waals surface area contributed by atoms with Crippen molar-refractivity contribution in [3.63, 3.8) is 0 Å². The number of nitrogens with zero attached hydrogens (tertiary/aromatic N) is 2. The van der Waals surface area contributed by atoms with Crippen molar-refractivity contribution in [2.45, 2.75) is 6.17 Å². The van der Waals surface area contributed by atoms with Gasteiger partial charge in [-0.15, -0.1) is 0 Å². The molecule has 0 spiro atoms. The van der Waals surface area contributed by atoms with E-state index >= 15 is 0 Å². The van der Waals surface area contributed by atoms with Gasteiger partial charge in [0.25, 0.3) is 5.91 Å². The minimum Gasteiger partial charge on any atom is -0.335 e. The fourth-order valence-electron chi connectivity index (χ4n) is 0.919. The maximum Gasteiger partial charge on any atom is 0.276 e. The van der Waals surface area contributed by atoms with Crippen LogP contribution in [0.2, 0.25) is 0 Å². The highest BCUT2D eigenvalue weighted by Gasteiger charge is 2.30. The summed E-state index contributed by atoms with van der Waals surface area (Å²) >= 11 is 4.73. The van der Waals surface area contributed by atoms with Crippen LogP contribution in [-0.4, -0.2) is 29.2 Å². The predicted molar refractivity (Wildman–Crippen MR) is 43.6 cm³/mol. The third-order valence-corrected chi connectivity index (χ3v) is 1.62. The van der Waals surface area contributed by atoms with E-state index in [1.807, 2.05) is 0 Å². The first kappa shape index (κ1) is 6.41. The molecule has 0 aromatic carbocycles. The van der Waals surface area contributed by atoms with Crippen molar-refractivity contribution in [1.82, 2.24) is 10.6 Å². The summed E-state index contributed by atoms with van der Waals surface area (Å²) < 4.78 is 0. The number of hydrogen-bond acceptors (Lipinski definition) is 4. The maximum absolute atomic E-state index is 11.0. The Bertz CT molecular complexity index is 295. The van der Waals surface area contributed by atoms with Crippen LogP contribution < -0.4 is 10.6 Å². The van der Waals surface area contributed by atoms with Gasteiger partial charge in [0.05, 0.1) is 0 Å². The molecule has 2 aliphatic heterocycles. The van der Waals surface area contributed by atoms with Crippen LogP contribution in [0.4, 0.5) is 0 Å². The van der Waals surface area contributed by atoms with E-state index in [2.05, 4.69) is 20.6 Å². The van der Waals surface area contributed by atoms with Crippen molar-refractivity contribution >= 4 is 35.3 Å². The first-order valence-corrected chi connectivity index (χ1v) is 3.39. The highest BCUT2D eigenvalue weighted by Crippen LogP contribution is 2.02. The van der Waals surface area contributed by atoms with Gasteiger partial charge in [0.1, 0.15) is 6.34 Å². The second-order valence-corrected chi connectivity index (χ2v) is 2.52. The number of aliphatic imine (C=N–C) groups is 2. The van der Waals surface area contributed by atoms with Gasteiger partial charge in [0.2, 0.25) is 0 Å². The molecule has 0 radical (unpaired) electrons. The van der Waals surface area contributed by atoms with Gasteiger partial charge in [-0.3, -0.25) is 10.1 Å². The van der Waals surface area contributed by atoms with Crippen molar-refractivity contribution in [3.8, 4) is 0 Å². The summed E-state index contributed by atoms with van der Waals surface area (Å²) in [5.74, 6) is -0.267. The monoisotopic (exact) mass is 168 g/mol. The summed E-state index contributed by atoms with van der Waals surface area (Å²) in [5, 5.41) is 5.50. The molecule has 1 fully saturated rings. The molecule has 1 saturated heterocycles. The maximum atomic E-state index is 11.0. The second-order valence-electron chi connectivity index (χ2n) is 2.11. The lowest BCUT2D eigenvalue weighted by Gasteiger charge is -2.20. The molecular weight excluding hydrogens is 164 g/mol. The van der Waals surface area contributed by atoms with E-state index in [1.165, 1.54) is 6.34 Å². The third-order valence-electron chi connectivity index (χ3n) is 1.40. The van der Waals surface area contributed by atoms with E-state index in [4.69, 9.17) is 12.2 Å². The fourth-order valence-corrected chi connectivity index (χ4v) is 1.12. The number of carbonyl (C=O) groups is 1. The van der Waals surface area contributed by atoms with Crippen LogP contribution in [0.25, 0.3) is 0 Å². The molecule has 0 bridgehead atoms. The minimum absolute atomic E-state index is 0.267. The molecule has 11 heavy (non-hydrogen) atoms. The second kappa shape index (κ2) is 2.09. The van der Waals surface area contributed by atoms with Gasteiger partial charge in [-0.1, -0.05) is 0 Å². The Morgan fingerprint density at radius 2 is 2.45 bits per heavy atom. The molecule has 5 nitrogen and oxygen atoms in total. The molecule has 56 valence electrons. The number of amides is 1. The molecule has 1 amide bonds. The summed E-state index contributed by atoms with van der Waals surface area (Å²) in [5.41, 5.74) is 0.374. The Balaban J connectivity index is 2.31. The van der Waals surface area contributed by atoms with Crippen molar-refractivity contribution in [1.29, 1.82) is 0 Å². The number of hydrogen-bond donors (Lipinski definition) is 2. The van der Waals surface area contributed by atoms with Crippen molar-refractivity contribution in [2.75, 3.05) is 0 Å². The van der Waals surface area contributed by atoms with Crippen LogP contribution >= 0.6 is 12.2 Å². The quantitative estimate of drug-likeness (QED) is 0.446. The standard InChI is InChI=1S/C5H4N4OS/c10-4-2-3(7-1-6-2)8-5(11)9-4/h1,3H,(H2,8,9,10,11). The fraction of sp³-hybridized carbons (Fsp3) is 0.200. The first-order chi connectivity index (χ1) is 5.27. The predicted octanol–water partition coefficient (Wildman–Crippen LogP) is -1.20. The molecule has 0 saturated carbocycles. The molecule has 6 heteroatoms. The first-order valence-electron chi connectivity index (χ1n) is 2.98. The van der Waals surface area contributed by atoms with Crippen LogP contribution in [0, 0.1) is 0 Å². The van der Waals surface area contributed by atoms with E-state index in [0.29, 0.717) is 10.8 Å². The average Bonchev–Trinajstić information content (AvgIpc) is 2.34. The Morgan fingerprint density at radius 1 is 1.64 bits per heavy atom. The average molecular weight is 168 g/mol. The molecule has 0 aromatic heterocycles. The SMILES string of the molecule is O=C1NC(=S)NC2N=CN=C12. The van der Waals surface area contributed by atoms with Crippen LogP contribution in [0.5, 0.6) is 0 Å². The summed E-state index contributed by atoms with van der Waals surface area (Å²) in [6.45, 7) is 0. The van der Waals surface area contributed by atoms with E-state index in [1.54, 1.807) is 0 Å². The van der Waals surface area contributed by atoms with Gasteiger partial charge in [-0.2, -0.15) is 0 Å². The number of fused-ring (bicyclic) bond motifs is 1. The molecule has 0 aliphatic carbocycles. The zero-order valence-electron chi connectivity index (χ0n) is 5.37. The van der Waals surface area contributed by atoms with E-state index < -0.39 is 0 Å². The van der Waals surface area contributed by atoms with Gasteiger partial charge in [0, 0.05) is 0 Å². The van der Waals surface area contributed by atoms with Gasteiger partial charge in [0.15, 0.2) is 17.0 Å². The summed E-state index contributed by atoms with van der Waals surface area (Å²) in [4.78, 5) is 18.7. The highest BCUT2D eigenvalue weighted by molar-refractivity contribution is 7.80. The largest absolute Gasteiger partial charge is 0.335 e. The molecule has 1 atom stereocenters. The summed E-state index contributed by atoms with van der Waals surface area (Å²) in [6, 6.07) is 0. The Labute approximate surface area is 67.6 Å². The van der Waals surface area contributed by atoms with E-state index in [0.717, 1.165) is 0 Å². The minimum atomic E-state index is -0.365. The molecule has 1 unspecified atom stereocenters. The normalized spacial score (nSPS) is 27.3.